The van der Waals surface area contributed by atoms with Gasteiger partial charge in [0.15, 0.2) is 0 Å². The molecule has 2 N–H and O–H groups in total. The Kier molecular flexibility index (Phi) is 4.97. The minimum Gasteiger partial charge on any atom is -0.481 e. The Bertz CT molecular complexity index is 402. The van der Waals surface area contributed by atoms with Gasteiger partial charge in [0, 0.05) is 25.3 Å². The van der Waals surface area contributed by atoms with Gasteiger partial charge in [-0.1, -0.05) is 0 Å². The SMILES string of the molecule is COc1ccc(NCC(=O)NC2CCOCC2)cn1. The van der Waals surface area contributed by atoms with Gasteiger partial charge in [0.05, 0.1) is 25.5 Å². The average molecular weight is 265 g/mol. The highest BCUT2D eigenvalue weighted by atomic mass is 16.5. The number of carbonyl (C=O) groups excluding carboxylic acids is 1. The molecule has 1 amide bonds. The highest BCUT2D eigenvalue weighted by Crippen LogP contribution is 2.10. The summed E-state index contributed by atoms with van der Waals surface area (Å²) in [6.07, 6.45) is 3.41. The third kappa shape index (κ3) is 4.40. The number of hydrogen-bond acceptors (Lipinski definition) is 5. The molecule has 19 heavy (non-hydrogen) atoms. The molecule has 1 aliphatic heterocycles. The Labute approximate surface area is 112 Å². The number of nitrogens with zero attached hydrogens (tertiary/aromatic N) is 1. The summed E-state index contributed by atoms with van der Waals surface area (Å²) < 4.78 is 10.2. The van der Waals surface area contributed by atoms with Gasteiger partial charge in [0.1, 0.15) is 0 Å². The molecule has 6 nitrogen and oxygen atoms in total. The third-order valence-electron chi connectivity index (χ3n) is 2.98. The van der Waals surface area contributed by atoms with E-state index in [1.54, 1.807) is 19.4 Å². The van der Waals surface area contributed by atoms with E-state index in [9.17, 15) is 4.79 Å². The number of nitrogens with one attached hydrogen (secondary N) is 2. The first kappa shape index (κ1) is 13.6. The normalized spacial score (nSPS) is 15.8. The first-order valence-corrected chi connectivity index (χ1v) is 6.39. The van der Waals surface area contributed by atoms with Crippen LogP contribution in [0, 0.1) is 0 Å². The van der Waals surface area contributed by atoms with E-state index < -0.39 is 0 Å². The summed E-state index contributed by atoms with van der Waals surface area (Å²) in [6, 6.07) is 3.81. The van der Waals surface area contributed by atoms with Crippen molar-refractivity contribution in [3.8, 4) is 5.88 Å². The molecule has 6 heteroatoms. The Balaban J connectivity index is 1.72. The number of carbonyl (C=O) groups is 1. The van der Waals surface area contributed by atoms with Crippen LogP contribution in [0.1, 0.15) is 12.8 Å². The molecule has 2 heterocycles. The van der Waals surface area contributed by atoms with Crippen molar-refractivity contribution in [2.24, 2.45) is 0 Å². The first-order valence-electron chi connectivity index (χ1n) is 6.39. The second kappa shape index (κ2) is 6.94. The largest absolute Gasteiger partial charge is 0.481 e. The van der Waals surface area contributed by atoms with E-state index in [4.69, 9.17) is 9.47 Å². The van der Waals surface area contributed by atoms with E-state index in [-0.39, 0.29) is 18.5 Å². The van der Waals surface area contributed by atoms with E-state index in [0.717, 1.165) is 31.7 Å². The third-order valence-corrected chi connectivity index (χ3v) is 2.98. The van der Waals surface area contributed by atoms with Crippen LogP contribution in [0.25, 0.3) is 0 Å². The molecule has 104 valence electrons. The molecule has 2 rings (SSSR count). The summed E-state index contributed by atoms with van der Waals surface area (Å²) >= 11 is 0. The molecule has 1 aromatic heterocycles. The van der Waals surface area contributed by atoms with Gasteiger partial charge >= 0.3 is 0 Å². The number of anilines is 1. The van der Waals surface area contributed by atoms with Gasteiger partial charge in [-0.05, 0) is 18.9 Å². The van der Waals surface area contributed by atoms with E-state index in [1.807, 2.05) is 6.07 Å². The number of aromatic nitrogens is 1. The van der Waals surface area contributed by atoms with Crippen LogP contribution in [0.5, 0.6) is 5.88 Å². The van der Waals surface area contributed by atoms with E-state index >= 15 is 0 Å². The van der Waals surface area contributed by atoms with Crippen molar-refractivity contribution >= 4 is 11.6 Å². The maximum absolute atomic E-state index is 11.7. The number of ether oxygens (including phenoxy) is 2. The fourth-order valence-corrected chi connectivity index (χ4v) is 1.91. The molecular weight excluding hydrogens is 246 g/mol. The zero-order chi connectivity index (χ0) is 13.5. The quantitative estimate of drug-likeness (QED) is 0.824. The molecule has 0 unspecified atom stereocenters. The van der Waals surface area contributed by atoms with E-state index in [0.29, 0.717) is 5.88 Å². The molecule has 0 bridgehead atoms. The van der Waals surface area contributed by atoms with Crippen LogP contribution in [0.3, 0.4) is 0 Å². The maximum atomic E-state index is 11.7. The Morgan fingerprint density at radius 1 is 1.47 bits per heavy atom. The number of rotatable bonds is 5. The van der Waals surface area contributed by atoms with Crippen molar-refractivity contribution in [2.75, 3.05) is 32.2 Å². The van der Waals surface area contributed by atoms with Gasteiger partial charge in [-0.15, -0.1) is 0 Å². The molecule has 0 saturated carbocycles. The van der Waals surface area contributed by atoms with Gasteiger partial charge in [0.25, 0.3) is 0 Å². The van der Waals surface area contributed by atoms with Crippen molar-refractivity contribution in [3.63, 3.8) is 0 Å². The monoisotopic (exact) mass is 265 g/mol. The molecule has 1 saturated heterocycles. The lowest BCUT2D eigenvalue weighted by molar-refractivity contribution is -0.120. The van der Waals surface area contributed by atoms with Crippen molar-refractivity contribution < 1.29 is 14.3 Å². The zero-order valence-electron chi connectivity index (χ0n) is 11.0. The second-order valence-electron chi connectivity index (χ2n) is 4.40. The molecule has 0 atom stereocenters. The molecular formula is C13H19N3O3. The summed E-state index contributed by atoms with van der Waals surface area (Å²) in [7, 11) is 1.57. The lowest BCUT2D eigenvalue weighted by atomic mass is 10.1. The Morgan fingerprint density at radius 2 is 2.26 bits per heavy atom. The highest BCUT2D eigenvalue weighted by molar-refractivity contribution is 5.80. The van der Waals surface area contributed by atoms with Crippen molar-refractivity contribution in [3.05, 3.63) is 18.3 Å². The van der Waals surface area contributed by atoms with Crippen molar-refractivity contribution in [2.45, 2.75) is 18.9 Å². The van der Waals surface area contributed by atoms with Crippen LogP contribution in [0.2, 0.25) is 0 Å². The number of amides is 1. The van der Waals surface area contributed by atoms with Crippen LogP contribution in [0.4, 0.5) is 5.69 Å². The van der Waals surface area contributed by atoms with Gasteiger partial charge in [-0.3, -0.25) is 4.79 Å². The summed E-state index contributed by atoms with van der Waals surface area (Å²) in [6.45, 7) is 1.69. The molecule has 0 aromatic carbocycles. The molecule has 0 aliphatic carbocycles. The van der Waals surface area contributed by atoms with E-state index in [1.165, 1.54) is 0 Å². The van der Waals surface area contributed by atoms with Gasteiger partial charge in [-0.2, -0.15) is 0 Å². The Hall–Kier alpha value is -1.82. The summed E-state index contributed by atoms with van der Waals surface area (Å²) in [5.74, 6) is 0.542. The predicted octanol–water partition coefficient (Wildman–Crippen LogP) is 0.797. The van der Waals surface area contributed by atoms with Crippen molar-refractivity contribution in [1.29, 1.82) is 0 Å². The average Bonchev–Trinajstić information content (AvgIpc) is 2.47. The standard InChI is InChI=1S/C13H19N3O3/c1-18-13-3-2-11(8-15-13)14-9-12(17)16-10-4-6-19-7-5-10/h2-3,8,10,14H,4-7,9H2,1H3,(H,16,17). The van der Waals surface area contributed by atoms with Crippen LogP contribution < -0.4 is 15.4 Å². The Morgan fingerprint density at radius 3 is 2.89 bits per heavy atom. The minimum atomic E-state index is -0.0114. The second-order valence-corrected chi connectivity index (χ2v) is 4.40. The smallest absolute Gasteiger partial charge is 0.239 e. The molecule has 1 fully saturated rings. The highest BCUT2D eigenvalue weighted by Gasteiger charge is 2.15. The topological polar surface area (TPSA) is 72.5 Å². The summed E-state index contributed by atoms with van der Waals surface area (Å²) in [5.41, 5.74) is 0.794. The van der Waals surface area contributed by atoms with E-state index in [2.05, 4.69) is 15.6 Å². The lowest BCUT2D eigenvalue weighted by Crippen LogP contribution is -2.41. The fourth-order valence-electron chi connectivity index (χ4n) is 1.91. The van der Waals surface area contributed by atoms with Crippen LogP contribution in [0.15, 0.2) is 18.3 Å². The van der Waals surface area contributed by atoms with Crippen LogP contribution in [-0.4, -0.2) is 43.8 Å². The van der Waals surface area contributed by atoms with Gasteiger partial charge in [-0.25, -0.2) is 4.98 Å². The lowest BCUT2D eigenvalue weighted by Gasteiger charge is -2.23. The van der Waals surface area contributed by atoms with Crippen LogP contribution >= 0.6 is 0 Å². The maximum Gasteiger partial charge on any atom is 0.239 e. The number of hydrogen-bond donors (Lipinski definition) is 2. The van der Waals surface area contributed by atoms with Gasteiger partial charge < -0.3 is 20.1 Å². The summed E-state index contributed by atoms with van der Waals surface area (Å²) in [4.78, 5) is 15.8. The number of methoxy groups -OCH3 is 1. The summed E-state index contributed by atoms with van der Waals surface area (Å²) in [5, 5.41) is 6.01. The zero-order valence-corrected chi connectivity index (χ0v) is 11.0. The molecule has 0 radical (unpaired) electrons. The predicted molar refractivity (Wildman–Crippen MR) is 71.3 cm³/mol. The van der Waals surface area contributed by atoms with Crippen molar-refractivity contribution in [1.82, 2.24) is 10.3 Å². The van der Waals surface area contributed by atoms with Crippen LogP contribution in [-0.2, 0) is 9.53 Å². The molecule has 1 aromatic rings. The molecule has 1 aliphatic rings. The minimum absolute atomic E-state index is 0.0114. The first-order chi connectivity index (χ1) is 9.28. The van der Waals surface area contributed by atoms with Gasteiger partial charge in [0.2, 0.25) is 11.8 Å². The molecule has 0 spiro atoms. The fraction of sp³-hybridized carbons (Fsp3) is 0.538. The number of pyridine rings is 1.